The zero-order valence-corrected chi connectivity index (χ0v) is 10.8. The summed E-state index contributed by atoms with van der Waals surface area (Å²) in [6.45, 7) is 1.71. The number of ether oxygens (including phenoxy) is 1. The monoisotopic (exact) mass is 282 g/mol. The molecule has 0 radical (unpaired) electrons. The molecule has 0 saturated carbocycles. The number of carboxylic acid groups (broad SMARTS) is 1. The quantitative estimate of drug-likeness (QED) is 0.584. The van der Waals surface area contributed by atoms with E-state index in [1.807, 2.05) is 0 Å². The summed E-state index contributed by atoms with van der Waals surface area (Å²) in [5, 5.41) is 17.5. The summed E-state index contributed by atoms with van der Waals surface area (Å²) < 4.78 is 4.69. The van der Waals surface area contributed by atoms with Gasteiger partial charge >= 0.3 is 11.9 Å². The molecule has 1 N–H and O–H groups in total. The highest BCUT2D eigenvalue weighted by Crippen LogP contribution is 2.22. The first kappa shape index (κ1) is 14.9. The molecule has 8 heteroatoms. The molecular formula is C11H10N2O5S. The average molecular weight is 282 g/mol. The van der Waals surface area contributed by atoms with Crippen molar-refractivity contribution < 1.29 is 24.2 Å². The minimum absolute atomic E-state index is 0.00361. The minimum atomic E-state index is -1.23. The van der Waals surface area contributed by atoms with Crippen molar-refractivity contribution in [3.63, 3.8) is 0 Å². The topological polar surface area (TPSA) is 117 Å². The third kappa shape index (κ3) is 3.93. The van der Waals surface area contributed by atoms with E-state index in [-0.39, 0.29) is 23.0 Å². The van der Waals surface area contributed by atoms with E-state index in [9.17, 15) is 14.4 Å². The number of hydrogen-bond acceptors (Lipinski definition) is 6. The van der Waals surface area contributed by atoms with E-state index < -0.39 is 23.8 Å². The maximum atomic E-state index is 11.6. The predicted octanol–water partition coefficient (Wildman–Crippen LogP) is 0.372. The van der Waals surface area contributed by atoms with Gasteiger partial charge in [-0.2, -0.15) is 5.26 Å². The summed E-state index contributed by atoms with van der Waals surface area (Å²) in [5.41, 5.74) is 0.00361. The van der Waals surface area contributed by atoms with Gasteiger partial charge in [0.15, 0.2) is 5.92 Å². The molecule has 1 aliphatic rings. The fourth-order valence-corrected chi connectivity index (χ4v) is 1.95. The van der Waals surface area contributed by atoms with Gasteiger partial charge in [-0.3, -0.25) is 14.4 Å². The second-order valence-corrected chi connectivity index (χ2v) is 4.32. The van der Waals surface area contributed by atoms with Gasteiger partial charge < -0.3 is 9.84 Å². The number of nitrogens with zero attached hydrogens (tertiary/aromatic N) is 2. The summed E-state index contributed by atoms with van der Waals surface area (Å²) in [5.74, 6) is -4.18. The molecule has 1 aliphatic heterocycles. The van der Waals surface area contributed by atoms with Crippen LogP contribution in [0.3, 0.4) is 0 Å². The molecule has 1 atom stereocenters. The van der Waals surface area contributed by atoms with Gasteiger partial charge in [-0.1, -0.05) is 11.8 Å². The van der Waals surface area contributed by atoms with Crippen molar-refractivity contribution in [3.8, 4) is 6.07 Å². The Bertz CT molecular complexity index is 518. The number of esters is 1. The normalized spacial score (nSPS) is 18.1. The molecule has 19 heavy (non-hydrogen) atoms. The van der Waals surface area contributed by atoms with E-state index in [2.05, 4.69) is 4.99 Å². The third-order valence-corrected chi connectivity index (χ3v) is 3.01. The fourth-order valence-electron chi connectivity index (χ4n) is 1.27. The van der Waals surface area contributed by atoms with E-state index in [1.165, 1.54) is 0 Å². The maximum Gasteiger partial charge on any atom is 0.322 e. The standard InChI is InChI=1S/C11H10N2O5S/c1-2-18-11(17)7-3-6(4-12)10(13-9(7)16)19-5-8(14)15/h3,7H,2,5H2,1H3,(H,14,15). The highest BCUT2D eigenvalue weighted by atomic mass is 32.2. The first-order valence-corrected chi connectivity index (χ1v) is 6.24. The van der Waals surface area contributed by atoms with Gasteiger partial charge in [-0.05, 0) is 13.0 Å². The molecule has 0 aromatic heterocycles. The van der Waals surface area contributed by atoms with Crippen LogP contribution < -0.4 is 0 Å². The van der Waals surface area contributed by atoms with Crippen molar-refractivity contribution in [3.05, 3.63) is 11.6 Å². The minimum Gasteiger partial charge on any atom is -0.481 e. The Balaban J connectivity index is 2.90. The first-order valence-electron chi connectivity index (χ1n) is 5.25. The number of amides is 1. The Morgan fingerprint density at radius 1 is 1.63 bits per heavy atom. The molecule has 100 valence electrons. The van der Waals surface area contributed by atoms with Gasteiger partial charge in [0.2, 0.25) is 0 Å². The van der Waals surface area contributed by atoms with Crippen molar-refractivity contribution in [1.82, 2.24) is 0 Å². The van der Waals surface area contributed by atoms with Crippen LogP contribution in [0, 0.1) is 17.2 Å². The van der Waals surface area contributed by atoms with Crippen LogP contribution in [0.15, 0.2) is 16.6 Å². The summed E-state index contributed by atoms with van der Waals surface area (Å²) in [7, 11) is 0. The predicted molar refractivity (Wildman–Crippen MR) is 66.4 cm³/mol. The maximum absolute atomic E-state index is 11.6. The van der Waals surface area contributed by atoms with Gasteiger partial charge in [-0.15, -0.1) is 0 Å². The zero-order chi connectivity index (χ0) is 14.4. The summed E-state index contributed by atoms with van der Waals surface area (Å²) in [6, 6.07) is 1.78. The smallest absolute Gasteiger partial charge is 0.322 e. The van der Waals surface area contributed by atoms with Crippen molar-refractivity contribution in [2.45, 2.75) is 6.92 Å². The lowest BCUT2D eigenvalue weighted by Crippen LogP contribution is -2.28. The van der Waals surface area contributed by atoms with Gasteiger partial charge in [0.25, 0.3) is 5.91 Å². The molecule has 0 fully saturated rings. The molecule has 1 heterocycles. The fraction of sp³-hybridized carbons (Fsp3) is 0.364. The van der Waals surface area contributed by atoms with E-state index in [4.69, 9.17) is 15.1 Å². The van der Waals surface area contributed by atoms with Crippen LogP contribution in [-0.2, 0) is 19.1 Å². The molecule has 0 saturated heterocycles. The number of carboxylic acids is 1. The highest BCUT2D eigenvalue weighted by molar-refractivity contribution is 8.15. The molecule has 0 aromatic carbocycles. The number of aliphatic imine (C=N–C) groups is 1. The SMILES string of the molecule is CCOC(=O)C1C=C(C#N)C(SCC(=O)O)=NC1=O. The number of aliphatic carboxylic acids is 1. The van der Waals surface area contributed by atoms with Crippen LogP contribution in [0.25, 0.3) is 0 Å². The Labute approximate surface area is 112 Å². The molecule has 1 amide bonds. The van der Waals surface area contributed by atoms with E-state index in [1.54, 1.807) is 13.0 Å². The van der Waals surface area contributed by atoms with Crippen LogP contribution in [-0.4, -0.2) is 40.4 Å². The molecule has 0 spiro atoms. The Kier molecular flexibility index (Phi) is 5.26. The van der Waals surface area contributed by atoms with Gasteiger partial charge in [-0.25, -0.2) is 4.99 Å². The molecule has 0 aliphatic carbocycles. The lowest BCUT2D eigenvalue weighted by Gasteiger charge is -2.14. The molecule has 0 bridgehead atoms. The highest BCUT2D eigenvalue weighted by Gasteiger charge is 2.31. The number of nitriles is 1. The van der Waals surface area contributed by atoms with Gasteiger partial charge in [0, 0.05) is 0 Å². The zero-order valence-electron chi connectivity index (χ0n) is 9.95. The van der Waals surface area contributed by atoms with Crippen molar-refractivity contribution in [2.75, 3.05) is 12.4 Å². The molecule has 1 unspecified atom stereocenters. The van der Waals surface area contributed by atoms with Gasteiger partial charge in [0.05, 0.1) is 17.9 Å². The number of dihydropyridines is 1. The second kappa shape index (κ2) is 6.70. The van der Waals surface area contributed by atoms with Crippen molar-refractivity contribution >= 4 is 34.7 Å². The largest absolute Gasteiger partial charge is 0.481 e. The molecule has 7 nitrogen and oxygen atoms in total. The van der Waals surface area contributed by atoms with E-state index >= 15 is 0 Å². The van der Waals surface area contributed by atoms with Crippen LogP contribution in [0.4, 0.5) is 0 Å². The summed E-state index contributed by atoms with van der Waals surface area (Å²) >= 11 is 0.756. The average Bonchev–Trinajstić information content (AvgIpc) is 2.36. The van der Waals surface area contributed by atoms with E-state index in [0.29, 0.717) is 0 Å². The molecule has 0 aromatic rings. The third-order valence-electron chi connectivity index (χ3n) is 2.03. The lowest BCUT2D eigenvalue weighted by molar-refractivity contribution is -0.149. The number of rotatable bonds is 4. The summed E-state index contributed by atoms with van der Waals surface area (Å²) in [6.07, 6.45) is 1.15. The summed E-state index contributed by atoms with van der Waals surface area (Å²) in [4.78, 5) is 37.1. The van der Waals surface area contributed by atoms with Crippen LogP contribution in [0.5, 0.6) is 0 Å². The Morgan fingerprint density at radius 3 is 2.84 bits per heavy atom. The van der Waals surface area contributed by atoms with Crippen molar-refractivity contribution in [1.29, 1.82) is 5.26 Å². The van der Waals surface area contributed by atoms with E-state index in [0.717, 1.165) is 17.8 Å². The van der Waals surface area contributed by atoms with Crippen molar-refractivity contribution in [2.24, 2.45) is 10.9 Å². The molecular weight excluding hydrogens is 272 g/mol. The number of thioether (sulfide) groups is 1. The van der Waals surface area contributed by atoms with Crippen LogP contribution >= 0.6 is 11.8 Å². The van der Waals surface area contributed by atoms with Crippen LogP contribution in [0.1, 0.15) is 6.92 Å². The molecule has 1 rings (SSSR count). The first-order chi connectivity index (χ1) is 8.99. The van der Waals surface area contributed by atoms with Crippen LogP contribution in [0.2, 0.25) is 0 Å². The van der Waals surface area contributed by atoms with Gasteiger partial charge in [0.1, 0.15) is 11.1 Å². The lowest BCUT2D eigenvalue weighted by atomic mass is 10.0. The Hall–Kier alpha value is -2.14. The second-order valence-electron chi connectivity index (χ2n) is 3.36. The number of hydrogen-bond donors (Lipinski definition) is 1. The number of carbonyl (C=O) groups excluding carboxylic acids is 2. The Morgan fingerprint density at radius 2 is 2.32 bits per heavy atom. The number of carbonyl (C=O) groups is 3.